The van der Waals surface area contributed by atoms with Crippen LogP contribution < -0.4 is 0 Å². The number of H-pyrrole nitrogens is 1. The Morgan fingerprint density at radius 1 is 1.35 bits per heavy atom. The van der Waals surface area contributed by atoms with Crippen LogP contribution in [0.3, 0.4) is 0 Å². The summed E-state index contributed by atoms with van der Waals surface area (Å²) in [4.78, 5) is 12.0. The van der Waals surface area contributed by atoms with Crippen molar-refractivity contribution in [2.75, 3.05) is 0 Å². The largest absolute Gasteiger partial charge is 0.478 e. The van der Waals surface area contributed by atoms with E-state index in [1.165, 1.54) is 0 Å². The van der Waals surface area contributed by atoms with Crippen LogP contribution >= 0.6 is 11.3 Å². The minimum Gasteiger partial charge on any atom is -0.478 e. The van der Waals surface area contributed by atoms with E-state index in [0.717, 1.165) is 21.5 Å². The van der Waals surface area contributed by atoms with Crippen LogP contribution in [0.25, 0.3) is 21.5 Å². The summed E-state index contributed by atoms with van der Waals surface area (Å²) >= 11 is 1.58. The van der Waals surface area contributed by atoms with Crippen molar-refractivity contribution in [3.8, 4) is 10.6 Å². The van der Waals surface area contributed by atoms with Crippen molar-refractivity contribution in [1.29, 1.82) is 0 Å². The summed E-state index contributed by atoms with van der Waals surface area (Å²) in [5.41, 5.74) is 1.92. The number of nitrogens with one attached hydrogen (secondary N) is 1. The molecule has 0 unspecified atom stereocenters. The lowest BCUT2D eigenvalue weighted by molar-refractivity contribution is 0.0697. The van der Waals surface area contributed by atoms with Gasteiger partial charge in [-0.3, -0.25) is 5.10 Å². The van der Waals surface area contributed by atoms with E-state index in [4.69, 9.17) is 5.11 Å². The summed E-state index contributed by atoms with van der Waals surface area (Å²) in [7, 11) is 0. The van der Waals surface area contributed by atoms with E-state index in [9.17, 15) is 4.79 Å². The van der Waals surface area contributed by atoms with E-state index in [-0.39, 0.29) is 5.56 Å². The molecule has 0 aliphatic heterocycles. The van der Waals surface area contributed by atoms with Crippen molar-refractivity contribution >= 4 is 28.2 Å². The molecule has 1 aromatic carbocycles. The average Bonchev–Trinajstić information content (AvgIpc) is 2.96. The van der Waals surface area contributed by atoms with Gasteiger partial charge in [0, 0.05) is 5.39 Å². The van der Waals surface area contributed by atoms with Crippen molar-refractivity contribution in [2.24, 2.45) is 0 Å². The number of hydrogen-bond acceptors (Lipinski definition) is 3. The minimum atomic E-state index is -0.926. The van der Waals surface area contributed by atoms with Gasteiger partial charge in [0.2, 0.25) is 0 Å². The molecule has 2 heterocycles. The average molecular weight is 244 g/mol. The van der Waals surface area contributed by atoms with Gasteiger partial charge in [-0.15, -0.1) is 11.3 Å². The Kier molecular flexibility index (Phi) is 2.19. The Morgan fingerprint density at radius 2 is 2.24 bits per heavy atom. The fraction of sp³-hybridized carbons (Fsp3) is 0. The molecular weight excluding hydrogens is 236 g/mol. The smallest absolute Gasteiger partial charge is 0.335 e. The van der Waals surface area contributed by atoms with Gasteiger partial charge in [0.15, 0.2) is 0 Å². The number of hydrogen-bond donors (Lipinski definition) is 2. The van der Waals surface area contributed by atoms with Gasteiger partial charge < -0.3 is 5.11 Å². The Bertz CT molecular complexity index is 686. The van der Waals surface area contributed by atoms with Gasteiger partial charge in [-0.25, -0.2) is 4.79 Å². The third-order valence-corrected chi connectivity index (χ3v) is 3.44. The summed E-state index contributed by atoms with van der Waals surface area (Å²) in [6, 6.07) is 8.87. The molecule has 84 valence electrons. The zero-order valence-electron chi connectivity index (χ0n) is 8.68. The van der Waals surface area contributed by atoms with Crippen LogP contribution in [0, 0.1) is 0 Å². The van der Waals surface area contributed by atoms with Crippen LogP contribution in [-0.4, -0.2) is 21.3 Å². The minimum absolute atomic E-state index is 0.275. The first-order chi connectivity index (χ1) is 8.25. The first-order valence-corrected chi connectivity index (χ1v) is 5.89. The highest BCUT2D eigenvalue weighted by Crippen LogP contribution is 2.30. The van der Waals surface area contributed by atoms with Crippen LogP contribution in [0.1, 0.15) is 10.4 Å². The second kappa shape index (κ2) is 3.71. The molecule has 3 aromatic rings. The number of benzene rings is 1. The predicted octanol–water partition coefficient (Wildman–Crippen LogP) is 2.99. The third-order valence-electron chi connectivity index (χ3n) is 2.56. The standard InChI is InChI=1S/C12H8N2O2S/c15-12(16)7-3-4-9-8(6-7)11(14-13-9)10-2-1-5-17-10/h1-6H,(H,13,14)(H,15,16). The van der Waals surface area contributed by atoms with Crippen molar-refractivity contribution < 1.29 is 9.90 Å². The van der Waals surface area contributed by atoms with Gasteiger partial charge in [-0.05, 0) is 29.6 Å². The Labute approximate surface area is 101 Å². The second-order valence-corrected chi connectivity index (χ2v) is 4.56. The van der Waals surface area contributed by atoms with Gasteiger partial charge >= 0.3 is 5.97 Å². The van der Waals surface area contributed by atoms with Crippen LogP contribution in [0.5, 0.6) is 0 Å². The number of aromatic carboxylic acids is 1. The number of aromatic nitrogens is 2. The first-order valence-electron chi connectivity index (χ1n) is 5.01. The van der Waals surface area contributed by atoms with E-state index in [2.05, 4.69) is 10.2 Å². The van der Waals surface area contributed by atoms with Gasteiger partial charge in [-0.1, -0.05) is 6.07 Å². The predicted molar refractivity (Wildman–Crippen MR) is 66.4 cm³/mol. The summed E-state index contributed by atoms with van der Waals surface area (Å²) in [5, 5.41) is 18.9. The number of thiophene rings is 1. The number of carboxylic acid groups (broad SMARTS) is 1. The molecule has 4 nitrogen and oxygen atoms in total. The highest BCUT2D eigenvalue weighted by molar-refractivity contribution is 7.13. The number of carbonyl (C=O) groups is 1. The molecule has 0 bridgehead atoms. The monoisotopic (exact) mass is 244 g/mol. The maximum absolute atomic E-state index is 10.9. The number of rotatable bonds is 2. The van der Waals surface area contributed by atoms with E-state index in [1.807, 2.05) is 17.5 Å². The van der Waals surface area contributed by atoms with E-state index in [0.29, 0.717) is 0 Å². The molecule has 0 aliphatic carbocycles. The van der Waals surface area contributed by atoms with Gasteiger partial charge in [0.25, 0.3) is 0 Å². The normalized spacial score (nSPS) is 10.8. The number of carboxylic acids is 1. The summed E-state index contributed by atoms with van der Waals surface area (Å²) in [6.45, 7) is 0. The fourth-order valence-corrected chi connectivity index (χ4v) is 2.48. The van der Waals surface area contributed by atoms with Crippen molar-refractivity contribution in [2.45, 2.75) is 0 Å². The van der Waals surface area contributed by atoms with Crippen LogP contribution in [0.2, 0.25) is 0 Å². The number of fused-ring (bicyclic) bond motifs is 1. The van der Waals surface area contributed by atoms with Crippen molar-refractivity contribution in [1.82, 2.24) is 10.2 Å². The Balaban J connectivity index is 2.26. The molecule has 0 radical (unpaired) electrons. The lowest BCUT2D eigenvalue weighted by Gasteiger charge is -1.96. The van der Waals surface area contributed by atoms with Gasteiger partial charge in [0.05, 0.1) is 16.0 Å². The molecule has 0 atom stereocenters. The molecule has 17 heavy (non-hydrogen) atoms. The third kappa shape index (κ3) is 1.60. The zero-order chi connectivity index (χ0) is 11.8. The van der Waals surface area contributed by atoms with Gasteiger partial charge in [0.1, 0.15) is 5.69 Å². The topological polar surface area (TPSA) is 66.0 Å². The summed E-state index contributed by atoms with van der Waals surface area (Å²) in [6.07, 6.45) is 0. The Morgan fingerprint density at radius 3 is 2.94 bits per heavy atom. The SMILES string of the molecule is O=C(O)c1ccc2[nH]nc(-c3cccs3)c2c1. The summed E-state index contributed by atoms with van der Waals surface area (Å²) < 4.78 is 0. The first kappa shape index (κ1) is 10.0. The van der Waals surface area contributed by atoms with Crippen LogP contribution in [0.15, 0.2) is 35.7 Å². The zero-order valence-corrected chi connectivity index (χ0v) is 9.49. The quantitative estimate of drug-likeness (QED) is 0.728. The van der Waals surface area contributed by atoms with E-state index >= 15 is 0 Å². The number of nitrogens with zero attached hydrogens (tertiary/aromatic N) is 1. The molecule has 2 N–H and O–H groups in total. The highest BCUT2D eigenvalue weighted by atomic mass is 32.1. The molecule has 0 fully saturated rings. The molecule has 0 spiro atoms. The lowest BCUT2D eigenvalue weighted by Crippen LogP contribution is -1.94. The highest BCUT2D eigenvalue weighted by Gasteiger charge is 2.11. The molecule has 2 aromatic heterocycles. The summed E-state index contributed by atoms with van der Waals surface area (Å²) in [5.74, 6) is -0.926. The van der Waals surface area contributed by atoms with Crippen molar-refractivity contribution in [3.63, 3.8) is 0 Å². The molecule has 0 saturated heterocycles. The maximum atomic E-state index is 10.9. The number of aromatic amines is 1. The van der Waals surface area contributed by atoms with Crippen molar-refractivity contribution in [3.05, 3.63) is 41.3 Å². The van der Waals surface area contributed by atoms with Crippen LogP contribution in [0.4, 0.5) is 0 Å². The Hall–Kier alpha value is -2.14. The molecule has 0 saturated carbocycles. The second-order valence-electron chi connectivity index (χ2n) is 3.62. The fourth-order valence-electron chi connectivity index (χ4n) is 1.75. The van der Waals surface area contributed by atoms with Crippen LogP contribution in [-0.2, 0) is 0 Å². The molecule has 0 aliphatic rings. The molecule has 5 heteroatoms. The molecule has 0 amide bonds. The molecule has 3 rings (SSSR count). The maximum Gasteiger partial charge on any atom is 0.335 e. The van der Waals surface area contributed by atoms with E-state index < -0.39 is 5.97 Å². The molecular formula is C12H8N2O2S. The van der Waals surface area contributed by atoms with E-state index in [1.54, 1.807) is 29.5 Å². The van der Waals surface area contributed by atoms with Gasteiger partial charge in [-0.2, -0.15) is 5.10 Å². The lowest BCUT2D eigenvalue weighted by atomic mass is 10.1.